The minimum Gasteiger partial charge on any atom is -0.467 e. The van der Waals surface area contributed by atoms with Crippen LogP contribution in [-0.2, 0) is 9.53 Å². The zero-order valence-corrected chi connectivity index (χ0v) is 9.63. The minimum absolute atomic E-state index is 0.255. The second-order valence-corrected chi connectivity index (χ2v) is 3.71. The van der Waals surface area contributed by atoms with Crippen molar-refractivity contribution in [2.45, 2.75) is 26.8 Å². The van der Waals surface area contributed by atoms with E-state index >= 15 is 0 Å². The van der Waals surface area contributed by atoms with Gasteiger partial charge >= 0.3 is 5.97 Å². The fourth-order valence-corrected chi connectivity index (χ4v) is 1.44. The SMILES string of the molecule is COC(=O)[C@H](C)Nc1ccc(C)cc1C. The van der Waals surface area contributed by atoms with Gasteiger partial charge in [-0.3, -0.25) is 0 Å². The number of anilines is 1. The fourth-order valence-electron chi connectivity index (χ4n) is 1.44. The first kappa shape index (κ1) is 11.6. The molecule has 1 N–H and O–H groups in total. The Morgan fingerprint density at radius 2 is 2.07 bits per heavy atom. The van der Waals surface area contributed by atoms with Gasteiger partial charge in [0, 0.05) is 5.69 Å². The van der Waals surface area contributed by atoms with Crippen LogP contribution in [0.1, 0.15) is 18.1 Å². The van der Waals surface area contributed by atoms with Gasteiger partial charge < -0.3 is 10.1 Å². The number of carbonyl (C=O) groups excluding carboxylic acids is 1. The number of carbonyl (C=O) groups is 1. The zero-order valence-electron chi connectivity index (χ0n) is 9.63. The summed E-state index contributed by atoms with van der Waals surface area (Å²) in [6.45, 7) is 5.84. The van der Waals surface area contributed by atoms with E-state index in [0.717, 1.165) is 11.3 Å². The fraction of sp³-hybridized carbons (Fsp3) is 0.417. The Labute approximate surface area is 90.4 Å². The van der Waals surface area contributed by atoms with Crippen LogP contribution >= 0.6 is 0 Å². The molecule has 82 valence electrons. The van der Waals surface area contributed by atoms with Crippen LogP contribution in [0, 0.1) is 13.8 Å². The molecular weight excluding hydrogens is 190 g/mol. The highest BCUT2D eigenvalue weighted by molar-refractivity contribution is 5.79. The predicted molar refractivity (Wildman–Crippen MR) is 61.0 cm³/mol. The molecular formula is C12H17NO2. The normalized spacial score (nSPS) is 12.0. The maximum atomic E-state index is 11.2. The van der Waals surface area contributed by atoms with Gasteiger partial charge in [0.05, 0.1) is 7.11 Å². The van der Waals surface area contributed by atoms with Gasteiger partial charge in [-0.2, -0.15) is 0 Å². The van der Waals surface area contributed by atoms with Crippen molar-refractivity contribution in [1.82, 2.24) is 0 Å². The molecule has 0 aliphatic rings. The van der Waals surface area contributed by atoms with Gasteiger partial charge in [0.15, 0.2) is 0 Å². The van der Waals surface area contributed by atoms with Crippen molar-refractivity contribution in [2.75, 3.05) is 12.4 Å². The van der Waals surface area contributed by atoms with E-state index in [1.807, 2.05) is 26.0 Å². The number of methoxy groups -OCH3 is 1. The molecule has 0 aliphatic heterocycles. The number of esters is 1. The average molecular weight is 207 g/mol. The van der Waals surface area contributed by atoms with E-state index in [4.69, 9.17) is 0 Å². The number of aryl methyl sites for hydroxylation is 2. The lowest BCUT2D eigenvalue weighted by Gasteiger charge is -2.15. The van der Waals surface area contributed by atoms with Crippen LogP contribution in [0.2, 0.25) is 0 Å². The molecule has 1 atom stereocenters. The summed E-state index contributed by atoms with van der Waals surface area (Å²) in [5, 5.41) is 3.11. The van der Waals surface area contributed by atoms with Crippen molar-refractivity contribution >= 4 is 11.7 Å². The first-order valence-corrected chi connectivity index (χ1v) is 4.96. The van der Waals surface area contributed by atoms with Crippen LogP contribution < -0.4 is 5.32 Å². The minimum atomic E-state index is -0.323. The summed E-state index contributed by atoms with van der Waals surface area (Å²) in [5.74, 6) is -0.255. The second kappa shape index (κ2) is 4.82. The van der Waals surface area contributed by atoms with Gasteiger partial charge in [0.2, 0.25) is 0 Å². The molecule has 1 rings (SSSR count). The summed E-state index contributed by atoms with van der Waals surface area (Å²) in [6, 6.07) is 5.74. The Hall–Kier alpha value is -1.51. The summed E-state index contributed by atoms with van der Waals surface area (Å²) in [6.07, 6.45) is 0. The number of hydrogen-bond acceptors (Lipinski definition) is 3. The van der Waals surface area contributed by atoms with Crippen LogP contribution in [0.3, 0.4) is 0 Å². The standard InChI is InChI=1S/C12H17NO2/c1-8-5-6-11(9(2)7-8)13-10(3)12(14)15-4/h5-7,10,13H,1-4H3/t10-/m0/s1. The van der Waals surface area contributed by atoms with Crippen molar-refractivity contribution < 1.29 is 9.53 Å². The summed E-state index contributed by atoms with van der Waals surface area (Å²) >= 11 is 0. The number of rotatable bonds is 3. The third kappa shape index (κ3) is 2.98. The number of hydrogen-bond donors (Lipinski definition) is 1. The lowest BCUT2D eigenvalue weighted by atomic mass is 10.1. The van der Waals surface area contributed by atoms with Crippen LogP contribution in [0.15, 0.2) is 18.2 Å². The van der Waals surface area contributed by atoms with Crippen molar-refractivity contribution in [1.29, 1.82) is 0 Å². The first-order chi connectivity index (χ1) is 7.04. The van der Waals surface area contributed by atoms with Crippen LogP contribution in [0.5, 0.6) is 0 Å². The quantitative estimate of drug-likeness (QED) is 0.773. The topological polar surface area (TPSA) is 38.3 Å². The molecule has 0 fully saturated rings. The molecule has 1 aromatic carbocycles. The summed E-state index contributed by atoms with van der Waals surface area (Å²) < 4.78 is 4.65. The molecule has 0 radical (unpaired) electrons. The molecule has 0 amide bonds. The summed E-state index contributed by atoms with van der Waals surface area (Å²) in [5.41, 5.74) is 3.31. The second-order valence-electron chi connectivity index (χ2n) is 3.71. The highest BCUT2D eigenvalue weighted by Crippen LogP contribution is 2.17. The van der Waals surface area contributed by atoms with E-state index < -0.39 is 0 Å². The maximum absolute atomic E-state index is 11.2. The molecule has 3 nitrogen and oxygen atoms in total. The molecule has 0 heterocycles. The molecule has 0 aliphatic carbocycles. The number of nitrogens with one attached hydrogen (secondary N) is 1. The van der Waals surface area contributed by atoms with E-state index in [-0.39, 0.29) is 12.0 Å². The largest absolute Gasteiger partial charge is 0.467 e. The summed E-state index contributed by atoms with van der Waals surface area (Å²) in [4.78, 5) is 11.2. The smallest absolute Gasteiger partial charge is 0.327 e. The van der Waals surface area contributed by atoms with Crippen LogP contribution in [0.4, 0.5) is 5.69 Å². The lowest BCUT2D eigenvalue weighted by Crippen LogP contribution is -2.27. The van der Waals surface area contributed by atoms with E-state index in [1.165, 1.54) is 12.7 Å². The van der Waals surface area contributed by atoms with Gasteiger partial charge in [-0.25, -0.2) is 4.79 Å². The van der Waals surface area contributed by atoms with Crippen LogP contribution in [-0.4, -0.2) is 19.1 Å². The Morgan fingerprint density at radius 1 is 1.40 bits per heavy atom. The first-order valence-electron chi connectivity index (χ1n) is 4.96. The maximum Gasteiger partial charge on any atom is 0.327 e. The monoisotopic (exact) mass is 207 g/mol. The Bertz CT molecular complexity index is 361. The zero-order chi connectivity index (χ0) is 11.4. The summed E-state index contributed by atoms with van der Waals surface area (Å²) in [7, 11) is 1.39. The van der Waals surface area contributed by atoms with Crippen molar-refractivity contribution in [3.63, 3.8) is 0 Å². The predicted octanol–water partition coefficient (Wildman–Crippen LogP) is 2.28. The molecule has 0 aromatic heterocycles. The number of benzene rings is 1. The molecule has 3 heteroatoms. The van der Waals surface area contributed by atoms with E-state index in [9.17, 15) is 4.79 Å². The van der Waals surface area contributed by atoms with Crippen LogP contribution in [0.25, 0.3) is 0 Å². The average Bonchev–Trinajstić information content (AvgIpc) is 2.20. The van der Waals surface area contributed by atoms with Gasteiger partial charge in [-0.05, 0) is 32.4 Å². The number of ether oxygens (including phenoxy) is 1. The van der Waals surface area contributed by atoms with Gasteiger partial charge in [-0.1, -0.05) is 17.7 Å². The Balaban J connectivity index is 2.76. The van der Waals surface area contributed by atoms with E-state index in [0.29, 0.717) is 0 Å². The molecule has 1 aromatic rings. The van der Waals surface area contributed by atoms with Crippen molar-refractivity contribution in [3.8, 4) is 0 Å². The van der Waals surface area contributed by atoms with Crippen molar-refractivity contribution in [2.24, 2.45) is 0 Å². The third-order valence-electron chi connectivity index (χ3n) is 2.31. The molecule has 0 spiro atoms. The van der Waals surface area contributed by atoms with Gasteiger partial charge in [-0.15, -0.1) is 0 Å². The molecule has 0 saturated heterocycles. The highest BCUT2D eigenvalue weighted by Gasteiger charge is 2.12. The van der Waals surface area contributed by atoms with E-state index in [1.54, 1.807) is 6.92 Å². The molecule has 15 heavy (non-hydrogen) atoms. The molecule has 0 saturated carbocycles. The van der Waals surface area contributed by atoms with Gasteiger partial charge in [0.25, 0.3) is 0 Å². The highest BCUT2D eigenvalue weighted by atomic mass is 16.5. The Kier molecular flexibility index (Phi) is 3.72. The Morgan fingerprint density at radius 3 is 2.60 bits per heavy atom. The third-order valence-corrected chi connectivity index (χ3v) is 2.31. The van der Waals surface area contributed by atoms with Gasteiger partial charge in [0.1, 0.15) is 6.04 Å². The molecule has 0 unspecified atom stereocenters. The molecule has 0 bridgehead atoms. The lowest BCUT2D eigenvalue weighted by molar-refractivity contribution is -0.141. The van der Waals surface area contributed by atoms with Crippen molar-refractivity contribution in [3.05, 3.63) is 29.3 Å². The van der Waals surface area contributed by atoms with E-state index in [2.05, 4.69) is 16.1 Å².